The zero-order valence-electron chi connectivity index (χ0n) is 30.3. The van der Waals surface area contributed by atoms with Crippen LogP contribution >= 0.6 is 0 Å². The van der Waals surface area contributed by atoms with Crippen LogP contribution in [0.15, 0.2) is 0 Å². The van der Waals surface area contributed by atoms with Crippen LogP contribution in [0, 0.1) is 41.4 Å². The standard InChI is InChI=1S/C20H38N2O4.C14H29NO.C2H2O2/c1-5-14(3)7-8-15(4)9-10-17(20(26)22-18(24)13-23)12-11-16(6-2)19(21)25;1-5-11(3)7-8-12(4)9-10-13(6-2)14(15)16;3-1-2-4/h13-18,24H,5-12H2,1-4H3,(H2,21,25)(H,22,26);11-13H,5-10H2,1-4H3,(H2,15,16);1-2H. The summed E-state index contributed by atoms with van der Waals surface area (Å²) in [4.78, 5) is 63.0. The van der Waals surface area contributed by atoms with Crippen molar-refractivity contribution < 1.29 is 33.9 Å². The smallest absolute Gasteiger partial charge is 0.225 e. The number of aliphatic hydroxyl groups is 1. The van der Waals surface area contributed by atoms with Gasteiger partial charge in [0.15, 0.2) is 25.1 Å². The van der Waals surface area contributed by atoms with Crippen LogP contribution in [0.2, 0.25) is 0 Å². The summed E-state index contributed by atoms with van der Waals surface area (Å²) in [7, 11) is 0. The number of amides is 3. The Hall–Kier alpha value is -2.62. The number of carbonyl (C=O) groups excluding carboxylic acids is 6. The lowest BCUT2D eigenvalue weighted by molar-refractivity contribution is -0.132. The molecule has 0 aliphatic heterocycles. The molecule has 0 aromatic carbocycles. The molecule has 6 N–H and O–H groups in total. The summed E-state index contributed by atoms with van der Waals surface area (Å²) in [6, 6.07) is 0. The first-order valence-electron chi connectivity index (χ1n) is 17.6. The predicted molar refractivity (Wildman–Crippen MR) is 185 cm³/mol. The Bertz CT molecular complexity index is 817. The predicted octanol–water partition coefficient (Wildman–Crippen LogP) is 5.90. The average molecular weight is 656 g/mol. The molecule has 0 spiro atoms. The van der Waals surface area contributed by atoms with Gasteiger partial charge in [0.05, 0.1) is 0 Å². The SMILES string of the molecule is CCC(C)CCC(C)CCC(CC)C(N)=O.CCC(C)CCC(C)CCC(CCC(CC)C(N)=O)C(=O)NC(O)C=O.O=CC=O. The van der Waals surface area contributed by atoms with E-state index in [0.29, 0.717) is 43.8 Å². The quantitative estimate of drug-likeness (QED) is 0.0536. The van der Waals surface area contributed by atoms with Crippen molar-refractivity contribution >= 4 is 36.6 Å². The van der Waals surface area contributed by atoms with Crippen LogP contribution in [-0.4, -0.2) is 47.9 Å². The first-order valence-corrected chi connectivity index (χ1v) is 17.6. The first kappa shape index (κ1) is 47.8. The number of nitrogens with two attached hydrogens (primary N) is 2. The van der Waals surface area contributed by atoms with Crippen LogP contribution in [0.5, 0.6) is 0 Å². The van der Waals surface area contributed by atoms with Gasteiger partial charge in [-0.25, -0.2) is 0 Å². The first-order chi connectivity index (χ1) is 21.7. The third-order valence-corrected chi connectivity index (χ3v) is 9.21. The van der Waals surface area contributed by atoms with E-state index in [0.717, 1.165) is 43.9 Å². The summed E-state index contributed by atoms with van der Waals surface area (Å²) in [5.74, 6) is 1.48. The number of rotatable bonds is 25. The largest absolute Gasteiger partial charge is 0.369 e. The maximum atomic E-state index is 12.4. The fourth-order valence-corrected chi connectivity index (χ4v) is 5.01. The number of aldehydes is 3. The highest BCUT2D eigenvalue weighted by atomic mass is 16.3. The topological polar surface area (TPSA) is 187 Å². The molecule has 0 fully saturated rings. The molecule has 0 radical (unpaired) electrons. The van der Waals surface area contributed by atoms with E-state index in [-0.39, 0.29) is 48.0 Å². The molecular formula is C36H69N3O7. The lowest BCUT2D eigenvalue weighted by atomic mass is 9.86. The maximum Gasteiger partial charge on any atom is 0.225 e. The van der Waals surface area contributed by atoms with E-state index >= 15 is 0 Å². The van der Waals surface area contributed by atoms with Crippen LogP contribution in [0.4, 0.5) is 0 Å². The molecule has 8 unspecified atom stereocenters. The van der Waals surface area contributed by atoms with Gasteiger partial charge in [0.2, 0.25) is 17.7 Å². The van der Waals surface area contributed by atoms with Crippen molar-refractivity contribution in [2.75, 3.05) is 0 Å². The van der Waals surface area contributed by atoms with Crippen molar-refractivity contribution in [1.82, 2.24) is 5.32 Å². The van der Waals surface area contributed by atoms with E-state index in [1.165, 1.54) is 32.1 Å². The molecule has 270 valence electrons. The van der Waals surface area contributed by atoms with Crippen LogP contribution in [0.25, 0.3) is 0 Å². The third kappa shape index (κ3) is 27.7. The minimum absolute atomic E-state index is 0.0889. The molecule has 0 aliphatic rings. The Balaban J connectivity index is -0.000000783. The van der Waals surface area contributed by atoms with Crippen molar-refractivity contribution in [3.05, 3.63) is 0 Å². The lowest BCUT2D eigenvalue weighted by Gasteiger charge is -2.21. The molecule has 0 saturated heterocycles. The van der Waals surface area contributed by atoms with Crippen molar-refractivity contribution in [3.8, 4) is 0 Å². The number of nitrogens with one attached hydrogen (secondary N) is 1. The molecule has 10 heteroatoms. The molecule has 3 amide bonds. The number of aliphatic hydroxyl groups excluding tert-OH is 1. The maximum absolute atomic E-state index is 12.4. The molecule has 0 aromatic rings. The second-order valence-corrected chi connectivity index (χ2v) is 13.2. The van der Waals surface area contributed by atoms with Gasteiger partial charge in [-0.1, -0.05) is 93.9 Å². The van der Waals surface area contributed by atoms with Crippen molar-refractivity contribution in [2.24, 2.45) is 52.9 Å². The molecular weight excluding hydrogens is 586 g/mol. The van der Waals surface area contributed by atoms with Gasteiger partial charge in [0, 0.05) is 17.8 Å². The average Bonchev–Trinajstić information content (AvgIpc) is 3.03. The van der Waals surface area contributed by atoms with Crippen molar-refractivity contribution in [2.45, 2.75) is 152 Å². The van der Waals surface area contributed by atoms with Crippen molar-refractivity contribution in [1.29, 1.82) is 0 Å². The second kappa shape index (κ2) is 31.0. The molecule has 46 heavy (non-hydrogen) atoms. The van der Waals surface area contributed by atoms with E-state index < -0.39 is 6.23 Å². The monoisotopic (exact) mass is 656 g/mol. The van der Waals surface area contributed by atoms with E-state index in [1.54, 1.807) is 0 Å². The molecule has 0 saturated carbocycles. The number of hydrogen-bond donors (Lipinski definition) is 4. The van der Waals surface area contributed by atoms with Gasteiger partial charge in [0.1, 0.15) is 0 Å². The van der Waals surface area contributed by atoms with E-state index in [4.69, 9.17) is 21.1 Å². The van der Waals surface area contributed by atoms with Crippen LogP contribution < -0.4 is 16.8 Å². The Labute approximate surface area is 280 Å². The van der Waals surface area contributed by atoms with Gasteiger partial charge < -0.3 is 21.9 Å². The van der Waals surface area contributed by atoms with Crippen LogP contribution in [0.1, 0.15) is 145 Å². The minimum Gasteiger partial charge on any atom is -0.369 e. The molecule has 10 nitrogen and oxygen atoms in total. The van der Waals surface area contributed by atoms with Gasteiger partial charge in [-0.2, -0.15) is 0 Å². The molecule has 8 atom stereocenters. The van der Waals surface area contributed by atoms with Gasteiger partial charge in [-0.15, -0.1) is 0 Å². The highest BCUT2D eigenvalue weighted by molar-refractivity contribution is 6.09. The highest BCUT2D eigenvalue weighted by Gasteiger charge is 2.24. The summed E-state index contributed by atoms with van der Waals surface area (Å²) >= 11 is 0. The zero-order valence-corrected chi connectivity index (χ0v) is 30.3. The summed E-state index contributed by atoms with van der Waals surface area (Å²) in [6.07, 6.45) is 12.8. The summed E-state index contributed by atoms with van der Waals surface area (Å²) in [5.41, 5.74) is 10.7. The fraction of sp³-hybridized carbons (Fsp3) is 0.833. The number of primary amides is 2. The van der Waals surface area contributed by atoms with Gasteiger partial charge >= 0.3 is 0 Å². The Morgan fingerprint density at radius 3 is 1.15 bits per heavy atom. The van der Waals surface area contributed by atoms with E-state index in [1.807, 2.05) is 13.8 Å². The summed E-state index contributed by atoms with van der Waals surface area (Å²) < 4.78 is 0. The van der Waals surface area contributed by atoms with Gasteiger partial charge in [-0.3, -0.25) is 28.8 Å². The van der Waals surface area contributed by atoms with Gasteiger partial charge in [0.25, 0.3) is 0 Å². The molecule has 0 heterocycles. The van der Waals surface area contributed by atoms with Crippen molar-refractivity contribution in [3.63, 3.8) is 0 Å². The Kier molecular flexibility index (Phi) is 32.2. The molecule has 0 rings (SSSR count). The Morgan fingerprint density at radius 1 is 0.543 bits per heavy atom. The van der Waals surface area contributed by atoms with Crippen LogP contribution in [-0.2, 0) is 28.8 Å². The fourth-order valence-electron chi connectivity index (χ4n) is 5.01. The molecule has 0 aromatic heterocycles. The third-order valence-electron chi connectivity index (χ3n) is 9.21. The summed E-state index contributed by atoms with van der Waals surface area (Å²) in [5, 5.41) is 11.7. The second-order valence-electron chi connectivity index (χ2n) is 13.2. The number of carbonyl (C=O) groups is 6. The van der Waals surface area contributed by atoms with E-state index in [2.05, 4.69) is 46.9 Å². The van der Waals surface area contributed by atoms with Crippen LogP contribution in [0.3, 0.4) is 0 Å². The summed E-state index contributed by atoms with van der Waals surface area (Å²) in [6.45, 7) is 17.4. The molecule has 0 aliphatic carbocycles. The highest BCUT2D eigenvalue weighted by Crippen LogP contribution is 2.25. The number of hydrogen-bond acceptors (Lipinski definition) is 7. The lowest BCUT2D eigenvalue weighted by Crippen LogP contribution is -2.40. The minimum atomic E-state index is -1.48. The normalized spacial score (nSPS) is 15.8. The molecule has 0 bridgehead atoms. The van der Waals surface area contributed by atoms with E-state index in [9.17, 15) is 24.3 Å². The Morgan fingerprint density at radius 2 is 0.848 bits per heavy atom. The zero-order chi connectivity index (χ0) is 36.1. The van der Waals surface area contributed by atoms with Gasteiger partial charge in [-0.05, 0) is 75.0 Å².